The van der Waals surface area contributed by atoms with Crippen molar-refractivity contribution in [2.75, 3.05) is 11.8 Å². The Balaban J connectivity index is 2.08. The Morgan fingerprint density at radius 2 is 1.79 bits per heavy atom. The number of hydrogen-bond donors (Lipinski definition) is 1. The van der Waals surface area contributed by atoms with Gasteiger partial charge in [0.25, 0.3) is 15.6 Å². The van der Waals surface area contributed by atoms with Crippen molar-refractivity contribution in [3.8, 4) is 0 Å². The number of benzene rings is 1. The van der Waals surface area contributed by atoms with E-state index in [1.807, 2.05) is 13.1 Å². The molecule has 1 aliphatic heterocycles. The molecule has 0 saturated heterocycles. The fourth-order valence-electron chi connectivity index (χ4n) is 2.84. The van der Waals surface area contributed by atoms with Crippen LogP contribution in [0, 0.1) is 0 Å². The van der Waals surface area contributed by atoms with Crippen molar-refractivity contribution >= 4 is 15.7 Å². The molecule has 0 amide bonds. The molecule has 1 aliphatic rings. The van der Waals surface area contributed by atoms with Crippen LogP contribution in [-0.4, -0.2) is 29.5 Å². The first-order chi connectivity index (χ1) is 11.2. The van der Waals surface area contributed by atoms with E-state index in [4.69, 9.17) is 0 Å². The van der Waals surface area contributed by atoms with Crippen LogP contribution in [0.4, 0.5) is 5.69 Å². The van der Waals surface area contributed by atoms with Crippen molar-refractivity contribution in [3.05, 3.63) is 56.4 Å². The molecule has 1 aromatic carbocycles. The highest BCUT2D eigenvalue weighted by atomic mass is 32.2. The lowest BCUT2D eigenvalue weighted by molar-refractivity contribution is 0.353. The molecule has 3 rings (SSSR count). The number of sulfonamides is 1. The Morgan fingerprint density at radius 1 is 1.08 bits per heavy atom. The van der Waals surface area contributed by atoms with Gasteiger partial charge in [-0.3, -0.25) is 19.0 Å². The molecule has 9 heteroatoms. The molecule has 2 heterocycles. The maximum absolute atomic E-state index is 12.7. The first-order valence-electron chi connectivity index (χ1n) is 7.29. The number of rotatable bonds is 3. The summed E-state index contributed by atoms with van der Waals surface area (Å²) in [6.07, 6.45) is 1.04. The van der Waals surface area contributed by atoms with Crippen LogP contribution in [0.15, 0.2) is 38.9 Å². The van der Waals surface area contributed by atoms with E-state index in [2.05, 4.69) is 9.62 Å². The Kier molecular flexibility index (Phi) is 3.84. The summed E-state index contributed by atoms with van der Waals surface area (Å²) >= 11 is 0. The highest BCUT2D eigenvalue weighted by molar-refractivity contribution is 7.92. The van der Waals surface area contributed by atoms with Crippen molar-refractivity contribution in [1.29, 1.82) is 0 Å². The number of fused-ring (bicyclic) bond motifs is 1. The quantitative estimate of drug-likeness (QED) is 0.830. The average molecular weight is 350 g/mol. The van der Waals surface area contributed by atoms with Gasteiger partial charge in [0, 0.05) is 33.4 Å². The molecule has 8 nitrogen and oxygen atoms in total. The van der Waals surface area contributed by atoms with Gasteiger partial charge in [-0.1, -0.05) is 12.1 Å². The maximum Gasteiger partial charge on any atom is 0.330 e. The molecule has 0 radical (unpaired) electrons. The Labute approximate surface area is 139 Å². The van der Waals surface area contributed by atoms with Crippen LogP contribution in [0.2, 0.25) is 0 Å². The molecule has 0 fully saturated rings. The van der Waals surface area contributed by atoms with Crippen LogP contribution < -0.4 is 16.0 Å². The highest BCUT2D eigenvalue weighted by Crippen LogP contribution is 2.29. The van der Waals surface area contributed by atoms with Crippen LogP contribution in [0.1, 0.15) is 11.1 Å². The number of hydrogen-bond acceptors (Lipinski definition) is 5. The third-order valence-corrected chi connectivity index (χ3v) is 5.44. The highest BCUT2D eigenvalue weighted by Gasteiger charge is 2.25. The summed E-state index contributed by atoms with van der Waals surface area (Å²) in [5.74, 6) is 0. The number of aromatic nitrogens is 2. The molecular weight excluding hydrogens is 332 g/mol. The summed E-state index contributed by atoms with van der Waals surface area (Å²) in [6.45, 7) is 1.37. The average Bonchev–Trinajstić information content (AvgIpc) is 2.90. The zero-order valence-corrected chi connectivity index (χ0v) is 14.4. The van der Waals surface area contributed by atoms with Gasteiger partial charge in [0.15, 0.2) is 4.90 Å². The number of anilines is 1. The smallest absolute Gasteiger partial charge is 0.302 e. The second kappa shape index (κ2) is 5.60. The van der Waals surface area contributed by atoms with E-state index in [9.17, 15) is 18.0 Å². The first-order valence-corrected chi connectivity index (χ1v) is 8.78. The molecule has 128 valence electrons. The van der Waals surface area contributed by atoms with Gasteiger partial charge in [-0.05, 0) is 24.2 Å². The van der Waals surface area contributed by atoms with Gasteiger partial charge in [-0.25, -0.2) is 13.2 Å². The van der Waals surface area contributed by atoms with Crippen molar-refractivity contribution in [2.24, 2.45) is 14.1 Å². The van der Waals surface area contributed by atoms with Gasteiger partial charge in [-0.15, -0.1) is 0 Å². The van der Waals surface area contributed by atoms with E-state index in [1.165, 1.54) is 14.1 Å². The van der Waals surface area contributed by atoms with Crippen LogP contribution in [0.3, 0.4) is 0 Å². The molecule has 0 bridgehead atoms. The lowest BCUT2D eigenvalue weighted by Crippen LogP contribution is -2.40. The Morgan fingerprint density at radius 3 is 2.50 bits per heavy atom. The summed E-state index contributed by atoms with van der Waals surface area (Å²) < 4.78 is 29.7. The maximum atomic E-state index is 12.7. The molecular formula is C15H18N4O4S. The van der Waals surface area contributed by atoms with Crippen LogP contribution >= 0.6 is 0 Å². The molecule has 0 spiro atoms. The summed E-state index contributed by atoms with van der Waals surface area (Å²) in [5.41, 5.74) is 0.959. The van der Waals surface area contributed by atoms with Gasteiger partial charge >= 0.3 is 5.69 Å². The Hall–Kier alpha value is -2.39. The predicted octanol–water partition coefficient (Wildman–Crippen LogP) is -0.170. The van der Waals surface area contributed by atoms with Crippen LogP contribution in [-0.2, 0) is 37.2 Å². The zero-order valence-electron chi connectivity index (χ0n) is 13.6. The topological polar surface area (TPSA) is 93.4 Å². The fourth-order valence-corrected chi connectivity index (χ4v) is 4.10. The number of nitrogens with zero attached hydrogens (tertiary/aromatic N) is 3. The van der Waals surface area contributed by atoms with E-state index in [0.29, 0.717) is 12.2 Å². The Bertz CT molecular complexity index is 1040. The minimum atomic E-state index is -4.11. The largest absolute Gasteiger partial charge is 0.330 e. The second-order valence-electron chi connectivity index (χ2n) is 5.97. The van der Waals surface area contributed by atoms with E-state index in [1.54, 1.807) is 12.1 Å². The van der Waals surface area contributed by atoms with Crippen molar-refractivity contribution in [2.45, 2.75) is 18.0 Å². The van der Waals surface area contributed by atoms with Gasteiger partial charge in [0.05, 0.1) is 5.69 Å². The van der Waals surface area contributed by atoms with Gasteiger partial charge < -0.3 is 4.57 Å². The summed E-state index contributed by atoms with van der Waals surface area (Å²) in [6, 6.07) is 5.39. The molecule has 0 atom stereocenters. The van der Waals surface area contributed by atoms with E-state index < -0.39 is 26.2 Å². The molecule has 1 N–H and O–H groups in total. The molecule has 0 unspecified atom stereocenters. The molecule has 0 saturated carbocycles. The minimum Gasteiger partial charge on any atom is -0.302 e. The van der Waals surface area contributed by atoms with Gasteiger partial charge in [0.2, 0.25) is 0 Å². The fraction of sp³-hybridized carbons (Fsp3) is 0.333. The SMILES string of the molecule is CN1Cc2cccc(NS(=O)(=O)c3cn(C)c(=O)n(C)c3=O)c2C1. The van der Waals surface area contributed by atoms with Gasteiger partial charge in [0.1, 0.15) is 0 Å². The lowest BCUT2D eigenvalue weighted by atomic mass is 10.1. The number of aryl methyl sites for hydroxylation is 1. The zero-order chi connectivity index (χ0) is 17.6. The monoisotopic (exact) mass is 350 g/mol. The molecule has 24 heavy (non-hydrogen) atoms. The summed E-state index contributed by atoms with van der Waals surface area (Å²) in [7, 11) is 0.487. The molecule has 0 aliphatic carbocycles. The van der Waals surface area contributed by atoms with Gasteiger partial charge in [-0.2, -0.15) is 0 Å². The van der Waals surface area contributed by atoms with E-state index in [-0.39, 0.29) is 0 Å². The van der Waals surface area contributed by atoms with Crippen molar-refractivity contribution in [1.82, 2.24) is 14.0 Å². The summed E-state index contributed by atoms with van der Waals surface area (Å²) in [5, 5.41) is 0. The minimum absolute atomic E-state index is 0.452. The standard InChI is InChI=1S/C15H18N4O4S/c1-17-7-10-5-4-6-12(11(10)8-17)16-24(22,23)13-9-18(2)15(21)19(3)14(13)20/h4-6,9,16H,7-8H2,1-3H3. The third-order valence-electron chi connectivity index (χ3n) is 4.09. The number of nitrogens with one attached hydrogen (secondary N) is 1. The first kappa shape index (κ1) is 16.5. The van der Waals surface area contributed by atoms with Crippen LogP contribution in [0.25, 0.3) is 0 Å². The van der Waals surface area contributed by atoms with Crippen LogP contribution in [0.5, 0.6) is 0 Å². The third kappa shape index (κ3) is 2.65. The van der Waals surface area contributed by atoms with E-state index >= 15 is 0 Å². The summed E-state index contributed by atoms with van der Waals surface area (Å²) in [4.78, 5) is 25.5. The molecule has 2 aromatic rings. The normalized spacial score (nSPS) is 14.6. The lowest BCUT2D eigenvalue weighted by Gasteiger charge is -2.13. The molecule has 1 aromatic heterocycles. The predicted molar refractivity (Wildman–Crippen MR) is 89.3 cm³/mol. The van der Waals surface area contributed by atoms with Crippen molar-refractivity contribution in [3.63, 3.8) is 0 Å². The van der Waals surface area contributed by atoms with Crippen molar-refractivity contribution < 1.29 is 8.42 Å². The second-order valence-corrected chi connectivity index (χ2v) is 7.62. The van der Waals surface area contributed by atoms with E-state index in [0.717, 1.165) is 33.0 Å².